The fourth-order valence-corrected chi connectivity index (χ4v) is 2.16. The van der Waals surface area contributed by atoms with Gasteiger partial charge in [-0.25, -0.2) is 0 Å². The maximum absolute atomic E-state index is 6.27. The molecule has 6 nitrogen and oxygen atoms in total. The van der Waals surface area contributed by atoms with Gasteiger partial charge in [-0.15, -0.1) is 0 Å². The lowest BCUT2D eigenvalue weighted by molar-refractivity contribution is 0.325. The minimum Gasteiger partial charge on any atom is -0.493 e. The van der Waals surface area contributed by atoms with Gasteiger partial charge in [0.15, 0.2) is 11.5 Å². The molecule has 0 aliphatic rings. The zero-order valence-electron chi connectivity index (χ0n) is 10.8. The smallest absolute Gasteiger partial charge is 0.204 e. The third-order valence-electron chi connectivity index (χ3n) is 2.72. The van der Waals surface area contributed by atoms with Crippen molar-refractivity contribution in [2.45, 2.75) is 0 Å². The molecule has 0 spiro atoms. The van der Waals surface area contributed by atoms with E-state index in [0.29, 0.717) is 39.2 Å². The Morgan fingerprint density at radius 3 is 2.32 bits per heavy atom. The van der Waals surface area contributed by atoms with Crippen LogP contribution in [-0.2, 0) is 0 Å². The quantitative estimate of drug-likeness (QED) is 0.900. The van der Waals surface area contributed by atoms with Crippen LogP contribution in [-0.4, -0.2) is 31.5 Å². The monoisotopic (exact) mass is 283 g/mol. The van der Waals surface area contributed by atoms with Crippen LogP contribution >= 0.6 is 11.6 Å². The van der Waals surface area contributed by atoms with E-state index in [1.165, 1.54) is 21.3 Å². The van der Waals surface area contributed by atoms with Gasteiger partial charge in [-0.1, -0.05) is 11.6 Å². The lowest BCUT2D eigenvalue weighted by Crippen LogP contribution is -1.98. The van der Waals surface area contributed by atoms with E-state index in [4.69, 9.17) is 31.5 Å². The summed E-state index contributed by atoms with van der Waals surface area (Å²) in [6.07, 6.45) is 1.57. The van der Waals surface area contributed by atoms with Gasteiger partial charge in [0, 0.05) is 11.6 Å². The van der Waals surface area contributed by atoms with Gasteiger partial charge in [0.1, 0.15) is 5.82 Å². The number of benzene rings is 1. The van der Waals surface area contributed by atoms with Gasteiger partial charge in [-0.3, -0.25) is 5.10 Å². The number of halogens is 1. The first kappa shape index (κ1) is 13.4. The summed E-state index contributed by atoms with van der Waals surface area (Å²) in [7, 11) is 4.57. The van der Waals surface area contributed by atoms with Crippen molar-refractivity contribution >= 4 is 17.4 Å². The van der Waals surface area contributed by atoms with Crippen molar-refractivity contribution < 1.29 is 14.2 Å². The highest BCUT2D eigenvalue weighted by Crippen LogP contribution is 2.49. The highest BCUT2D eigenvalue weighted by atomic mass is 35.5. The van der Waals surface area contributed by atoms with Crippen LogP contribution in [0.2, 0.25) is 5.02 Å². The molecule has 2 aromatic rings. The molecule has 1 heterocycles. The van der Waals surface area contributed by atoms with Crippen LogP contribution in [0.5, 0.6) is 17.2 Å². The summed E-state index contributed by atoms with van der Waals surface area (Å²) in [4.78, 5) is 0. The number of nitrogens with two attached hydrogens (primary N) is 1. The van der Waals surface area contributed by atoms with E-state index >= 15 is 0 Å². The summed E-state index contributed by atoms with van der Waals surface area (Å²) in [5, 5.41) is 6.96. The Bertz CT molecular complexity index is 598. The molecule has 0 radical (unpaired) electrons. The summed E-state index contributed by atoms with van der Waals surface area (Å²) in [5.41, 5.74) is 7.07. The van der Waals surface area contributed by atoms with Crippen molar-refractivity contribution in [1.29, 1.82) is 0 Å². The van der Waals surface area contributed by atoms with Crippen molar-refractivity contribution in [2.24, 2.45) is 0 Å². The second-order valence-corrected chi connectivity index (χ2v) is 4.11. The Hall–Kier alpha value is -2.08. The molecule has 3 N–H and O–H groups in total. The van der Waals surface area contributed by atoms with E-state index in [2.05, 4.69) is 10.2 Å². The third kappa shape index (κ3) is 2.15. The molecule has 0 fully saturated rings. The highest BCUT2D eigenvalue weighted by molar-refractivity contribution is 6.34. The van der Waals surface area contributed by atoms with Crippen molar-refractivity contribution in [3.05, 3.63) is 17.3 Å². The topological polar surface area (TPSA) is 82.4 Å². The summed E-state index contributed by atoms with van der Waals surface area (Å²) in [5.74, 6) is 1.77. The Morgan fingerprint density at radius 2 is 1.84 bits per heavy atom. The lowest BCUT2D eigenvalue weighted by atomic mass is 10.1. The molecule has 0 saturated carbocycles. The number of hydrogen-bond acceptors (Lipinski definition) is 5. The zero-order chi connectivity index (χ0) is 14.0. The third-order valence-corrected chi connectivity index (χ3v) is 3.02. The Kier molecular flexibility index (Phi) is 3.71. The van der Waals surface area contributed by atoms with Crippen LogP contribution < -0.4 is 19.9 Å². The maximum Gasteiger partial charge on any atom is 0.204 e. The van der Waals surface area contributed by atoms with Gasteiger partial charge in [-0.2, -0.15) is 5.10 Å². The maximum atomic E-state index is 6.27. The molecule has 0 aliphatic carbocycles. The van der Waals surface area contributed by atoms with Gasteiger partial charge in [0.05, 0.1) is 38.1 Å². The molecule has 0 atom stereocenters. The molecule has 19 heavy (non-hydrogen) atoms. The Balaban J connectivity index is 2.77. The van der Waals surface area contributed by atoms with Crippen LogP contribution in [0.15, 0.2) is 12.3 Å². The van der Waals surface area contributed by atoms with E-state index in [9.17, 15) is 0 Å². The summed E-state index contributed by atoms with van der Waals surface area (Å²) >= 11 is 6.27. The number of nitrogens with zero attached hydrogens (tertiary/aromatic N) is 1. The van der Waals surface area contributed by atoms with E-state index in [0.717, 1.165) is 0 Å². The molecular weight excluding hydrogens is 270 g/mol. The average molecular weight is 284 g/mol. The number of H-pyrrole nitrogens is 1. The summed E-state index contributed by atoms with van der Waals surface area (Å²) in [6, 6.07) is 1.64. The summed E-state index contributed by atoms with van der Waals surface area (Å²) < 4.78 is 15.9. The molecule has 1 aromatic carbocycles. The molecule has 0 amide bonds. The Morgan fingerprint density at radius 1 is 1.16 bits per heavy atom. The number of anilines is 1. The zero-order valence-corrected chi connectivity index (χ0v) is 11.5. The predicted molar refractivity (Wildman–Crippen MR) is 73.1 cm³/mol. The van der Waals surface area contributed by atoms with Crippen molar-refractivity contribution in [1.82, 2.24) is 10.2 Å². The van der Waals surface area contributed by atoms with Crippen molar-refractivity contribution in [3.8, 4) is 28.4 Å². The first-order valence-electron chi connectivity index (χ1n) is 5.41. The van der Waals surface area contributed by atoms with Gasteiger partial charge in [-0.05, 0) is 0 Å². The molecule has 0 unspecified atom stereocenters. The fraction of sp³-hybridized carbons (Fsp3) is 0.250. The molecule has 0 aliphatic heterocycles. The number of ether oxygens (including phenoxy) is 3. The SMILES string of the molecule is COc1cc(Cl)c(-c2cn[nH]c2N)c(OC)c1OC. The molecule has 102 valence electrons. The van der Waals surface area contributed by atoms with E-state index in [1.54, 1.807) is 12.3 Å². The van der Waals surface area contributed by atoms with E-state index < -0.39 is 0 Å². The lowest BCUT2D eigenvalue weighted by Gasteiger charge is -2.16. The summed E-state index contributed by atoms with van der Waals surface area (Å²) in [6.45, 7) is 0. The normalized spacial score (nSPS) is 10.3. The molecule has 1 aromatic heterocycles. The highest BCUT2D eigenvalue weighted by Gasteiger charge is 2.23. The molecular formula is C12H14ClN3O3. The number of nitrogens with one attached hydrogen (secondary N) is 1. The van der Waals surface area contributed by atoms with E-state index in [1.807, 2.05) is 0 Å². The number of aromatic amines is 1. The van der Waals surface area contributed by atoms with Gasteiger partial charge in [0.2, 0.25) is 5.75 Å². The first-order chi connectivity index (χ1) is 9.13. The average Bonchev–Trinajstić information content (AvgIpc) is 2.83. The van der Waals surface area contributed by atoms with Gasteiger partial charge in [0.25, 0.3) is 0 Å². The number of hydrogen-bond donors (Lipinski definition) is 2. The second kappa shape index (κ2) is 5.27. The number of nitrogen functional groups attached to an aromatic ring is 1. The van der Waals surface area contributed by atoms with E-state index in [-0.39, 0.29) is 0 Å². The second-order valence-electron chi connectivity index (χ2n) is 3.70. The van der Waals surface area contributed by atoms with Crippen LogP contribution in [0.3, 0.4) is 0 Å². The number of aromatic nitrogens is 2. The van der Waals surface area contributed by atoms with Crippen LogP contribution in [0.25, 0.3) is 11.1 Å². The van der Waals surface area contributed by atoms with Crippen molar-refractivity contribution in [3.63, 3.8) is 0 Å². The minimum atomic E-state index is 0.396. The largest absolute Gasteiger partial charge is 0.493 e. The molecule has 0 bridgehead atoms. The van der Waals surface area contributed by atoms with Gasteiger partial charge >= 0.3 is 0 Å². The van der Waals surface area contributed by atoms with Crippen molar-refractivity contribution in [2.75, 3.05) is 27.1 Å². The van der Waals surface area contributed by atoms with Gasteiger partial charge < -0.3 is 19.9 Å². The molecule has 2 rings (SSSR count). The minimum absolute atomic E-state index is 0.396. The molecule has 0 saturated heterocycles. The van der Waals surface area contributed by atoms with Crippen LogP contribution in [0.4, 0.5) is 5.82 Å². The fourth-order valence-electron chi connectivity index (χ4n) is 1.87. The standard InChI is InChI=1S/C12H14ClN3O3/c1-17-8-4-7(13)9(6-5-15-16-12(6)14)11(19-3)10(8)18-2/h4-5H,1-3H3,(H3,14,15,16). The van der Waals surface area contributed by atoms with Crippen LogP contribution in [0.1, 0.15) is 0 Å². The van der Waals surface area contributed by atoms with Crippen LogP contribution in [0, 0.1) is 0 Å². The molecule has 7 heteroatoms. The predicted octanol–water partition coefficient (Wildman–Crippen LogP) is 2.34. The number of methoxy groups -OCH3 is 3. The number of rotatable bonds is 4. The Labute approximate surface area is 115 Å². The first-order valence-corrected chi connectivity index (χ1v) is 5.79.